The number of hydrogen-bond donors (Lipinski definition) is 0. The number of nitrogens with zero attached hydrogens (tertiary/aromatic N) is 3. The summed E-state index contributed by atoms with van der Waals surface area (Å²) in [5.74, 6) is 1.83. The molecule has 2 heterocycles. The van der Waals surface area contributed by atoms with Crippen LogP contribution >= 0.6 is 39.3 Å². The maximum atomic E-state index is 11.9. The fraction of sp³-hybridized carbons (Fsp3) is 0.150. The molecule has 29 heavy (non-hydrogen) atoms. The number of thioether (sulfide) groups is 1. The normalized spacial score (nSPS) is 11.1. The van der Waals surface area contributed by atoms with Gasteiger partial charge < -0.3 is 13.7 Å². The van der Waals surface area contributed by atoms with Crippen LogP contribution in [0.25, 0.3) is 11.0 Å². The minimum Gasteiger partial charge on any atom is -0.484 e. The average Bonchev–Trinajstić information content (AvgIpc) is 3.04. The highest BCUT2D eigenvalue weighted by molar-refractivity contribution is 9.10. The van der Waals surface area contributed by atoms with E-state index >= 15 is 0 Å². The van der Waals surface area contributed by atoms with Gasteiger partial charge in [-0.3, -0.25) is 0 Å². The van der Waals surface area contributed by atoms with E-state index in [9.17, 15) is 4.79 Å². The molecule has 0 fully saturated rings. The smallest absolute Gasteiger partial charge is 0.336 e. The van der Waals surface area contributed by atoms with E-state index in [1.165, 1.54) is 17.8 Å². The molecule has 0 atom stereocenters. The molecule has 0 spiro atoms. The molecule has 4 aromatic rings. The van der Waals surface area contributed by atoms with Crippen molar-refractivity contribution < 1.29 is 9.15 Å². The maximum Gasteiger partial charge on any atom is 0.336 e. The first kappa shape index (κ1) is 20.0. The summed E-state index contributed by atoms with van der Waals surface area (Å²) in [6.45, 7) is 0.250. The third-order valence-corrected chi connectivity index (χ3v) is 6.14. The Hall–Kier alpha value is -2.29. The Kier molecular flexibility index (Phi) is 5.94. The van der Waals surface area contributed by atoms with Crippen molar-refractivity contribution >= 4 is 50.3 Å². The van der Waals surface area contributed by atoms with Crippen LogP contribution in [0.5, 0.6) is 5.75 Å². The molecule has 9 heteroatoms. The van der Waals surface area contributed by atoms with Crippen molar-refractivity contribution in [2.45, 2.75) is 17.5 Å². The van der Waals surface area contributed by atoms with Crippen LogP contribution in [0.1, 0.15) is 11.4 Å². The van der Waals surface area contributed by atoms with Crippen LogP contribution in [0.15, 0.2) is 67.4 Å². The molecule has 0 aliphatic heterocycles. The number of para-hydroxylation sites is 1. The van der Waals surface area contributed by atoms with E-state index in [0.29, 0.717) is 27.9 Å². The second kappa shape index (κ2) is 8.61. The Bertz CT molecular complexity index is 1240. The first-order valence-corrected chi connectivity index (χ1v) is 10.8. The van der Waals surface area contributed by atoms with Crippen molar-refractivity contribution in [1.82, 2.24) is 14.8 Å². The van der Waals surface area contributed by atoms with E-state index in [1.807, 2.05) is 35.9 Å². The molecule has 0 amide bonds. The van der Waals surface area contributed by atoms with Gasteiger partial charge in [0.05, 0.1) is 5.02 Å². The number of fused-ring (bicyclic) bond motifs is 1. The van der Waals surface area contributed by atoms with Crippen molar-refractivity contribution in [3.05, 3.63) is 79.8 Å². The Labute approximate surface area is 184 Å². The Morgan fingerprint density at radius 2 is 2.03 bits per heavy atom. The van der Waals surface area contributed by atoms with E-state index in [4.69, 9.17) is 20.8 Å². The van der Waals surface area contributed by atoms with Gasteiger partial charge in [0.1, 0.15) is 17.9 Å². The molecule has 0 saturated heterocycles. The number of rotatable bonds is 6. The van der Waals surface area contributed by atoms with Crippen molar-refractivity contribution in [3.8, 4) is 5.75 Å². The summed E-state index contributed by atoms with van der Waals surface area (Å²) in [6, 6.07) is 14.4. The summed E-state index contributed by atoms with van der Waals surface area (Å²) in [4.78, 5) is 11.9. The van der Waals surface area contributed by atoms with E-state index < -0.39 is 0 Å². The van der Waals surface area contributed by atoms with Gasteiger partial charge in [0.25, 0.3) is 0 Å². The molecule has 0 radical (unpaired) electrons. The first-order chi connectivity index (χ1) is 14.0. The van der Waals surface area contributed by atoms with Crippen LogP contribution in [-0.2, 0) is 19.4 Å². The van der Waals surface area contributed by atoms with Gasteiger partial charge in [-0.15, -0.1) is 10.2 Å². The van der Waals surface area contributed by atoms with Crippen LogP contribution < -0.4 is 10.4 Å². The van der Waals surface area contributed by atoms with Gasteiger partial charge in [-0.1, -0.05) is 51.4 Å². The van der Waals surface area contributed by atoms with Crippen LogP contribution in [0.3, 0.4) is 0 Å². The van der Waals surface area contributed by atoms with Crippen molar-refractivity contribution in [2.75, 3.05) is 0 Å². The Morgan fingerprint density at radius 3 is 2.86 bits per heavy atom. The maximum absolute atomic E-state index is 11.9. The van der Waals surface area contributed by atoms with Gasteiger partial charge in [-0.25, -0.2) is 4.79 Å². The third-order valence-electron chi connectivity index (χ3n) is 4.27. The van der Waals surface area contributed by atoms with E-state index in [1.54, 1.807) is 18.2 Å². The standard InChI is InChI=1S/C20H15BrClN3O3S/c1-25-18(10-27-16-5-3-2-4-15(16)22)23-24-20(25)29-11-12-8-19(26)28-17-9-13(21)6-7-14(12)17/h2-9H,10-11H2,1H3. The molecule has 6 nitrogen and oxygen atoms in total. The molecule has 0 saturated carbocycles. The minimum atomic E-state index is -0.377. The third kappa shape index (κ3) is 4.49. The minimum absolute atomic E-state index is 0.250. The monoisotopic (exact) mass is 491 g/mol. The molecular weight excluding hydrogens is 478 g/mol. The molecular formula is C20H15BrClN3O3S. The lowest BCUT2D eigenvalue weighted by Crippen LogP contribution is -2.04. The predicted octanol–water partition coefficient (Wildman–Crippen LogP) is 5.21. The molecule has 2 aromatic carbocycles. The van der Waals surface area contributed by atoms with E-state index in [2.05, 4.69) is 26.1 Å². The first-order valence-electron chi connectivity index (χ1n) is 8.62. The SMILES string of the molecule is Cn1c(COc2ccccc2Cl)nnc1SCc1cc(=O)oc2cc(Br)ccc12. The number of benzene rings is 2. The highest BCUT2D eigenvalue weighted by Crippen LogP contribution is 2.28. The van der Waals surface area contributed by atoms with E-state index in [0.717, 1.165) is 20.6 Å². The summed E-state index contributed by atoms with van der Waals surface area (Å²) in [6.07, 6.45) is 0. The highest BCUT2D eigenvalue weighted by Gasteiger charge is 2.13. The quantitative estimate of drug-likeness (QED) is 0.272. The van der Waals surface area contributed by atoms with Gasteiger partial charge in [0.2, 0.25) is 0 Å². The molecule has 0 unspecified atom stereocenters. The van der Waals surface area contributed by atoms with Gasteiger partial charge >= 0.3 is 5.63 Å². The lowest BCUT2D eigenvalue weighted by Gasteiger charge is -2.08. The zero-order chi connectivity index (χ0) is 20.4. The van der Waals surface area contributed by atoms with E-state index in [-0.39, 0.29) is 12.2 Å². The van der Waals surface area contributed by atoms with Crippen molar-refractivity contribution in [1.29, 1.82) is 0 Å². The van der Waals surface area contributed by atoms with Crippen LogP contribution in [0.4, 0.5) is 0 Å². The number of ether oxygens (including phenoxy) is 1. The molecule has 2 aromatic heterocycles. The predicted molar refractivity (Wildman–Crippen MR) is 117 cm³/mol. The second-order valence-electron chi connectivity index (χ2n) is 6.20. The Balaban J connectivity index is 1.49. The van der Waals surface area contributed by atoms with Crippen LogP contribution in [0, 0.1) is 0 Å². The van der Waals surface area contributed by atoms with Crippen molar-refractivity contribution in [3.63, 3.8) is 0 Å². The molecule has 148 valence electrons. The lowest BCUT2D eigenvalue weighted by atomic mass is 10.1. The van der Waals surface area contributed by atoms with Gasteiger partial charge in [-0.05, 0) is 35.9 Å². The fourth-order valence-corrected chi connectivity index (χ4v) is 4.22. The summed E-state index contributed by atoms with van der Waals surface area (Å²) in [7, 11) is 1.88. The molecule has 0 bridgehead atoms. The summed E-state index contributed by atoms with van der Waals surface area (Å²) >= 11 is 11.0. The van der Waals surface area contributed by atoms with Gasteiger partial charge in [0, 0.05) is 28.7 Å². The molecule has 4 rings (SSSR count). The molecule has 0 aliphatic carbocycles. The number of aromatic nitrogens is 3. The zero-order valence-corrected chi connectivity index (χ0v) is 18.4. The average molecular weight is 493 g/mol. The largest absolute Gasteiger partial charge is 0.484 e. The fourth-order valence-electron chi connectivity index (χ4n) is 2.77. The highest BCUT2D eigenvalue weighted by atomic mass is 79.9. The Morgan fingerprint density at radius 1 is 1.21 bits per heavy atom. The number of halogens is 2. The van der Waals surface area contributed by atoms with Crippen LogP contribution in [0.2, 0.25) is 5.02 Å². The second-order valence-corrected chi connectivity index (χ2v) is 8.46. The number of hydrogen-bond acceptors (Lipinski definition) is 6. The lowest BCUT2D eigenvalue weighted by molar-refractivity contribution is 0.290. The topological polar surface area (TPSA) is 70.2 Å². The van der Waals surface area contributed by atoms with Gasteiger partial charge in [0.15, 0.2) is 11.0 Å². The van der Waals surface area contributed by atoms with Crippen molar-refractivity contribution in [2.24, 2.45) is 7.05 Å². The van der Waals surface area contributed by atoms with Crippen LogP contribution in [-0.4, -0.2) is 14.8 Å². The summed E-state index contributed by atoms with van der Waals surface area (Å²) in [5.41, 5.74) is 1.05. The summed E-state index contributed by atoms with van der Waals surface area (Å²) in [5, 5.41) is 10.6. The molecule has 0 N–H and O–H groups in total. The van der Waals surface area contributed by atoms with Gasteiger partial charge in [-0.2, -0.15) is 0 Å². The molecule has 0 aliphatic rings. The summed E-state index contributed by atoms with van der Waals surface area (Å²) < 4.78 is 13.8. The zero-order valence-electron chi connectivity index (χ0n) is 15.3.